The first-order chi connectivity index (χ1) is 10.0. The highest BCUT2D eigenvalue weighted by molar-refractivity contribution is 9.09. The topological polar surface area (TPSA) is 0 Å². The lowest BCUT2D eigenvalue weighted by Crippen LogP contribution is -2.50. The van der Waals surface area contributed by atoms with Crippen LogP contribution in [-0.2, 0) is 6.42 Å². The number of benzene rings is 1. The summed E-state index contributed by atoms with van der Waals surface area (Å²) in [6.45, 7) is 0. The number of hydrogen-bond acceptors (Lipinski definition) is 0. The van der Waals surface area contributed by atoms with Crippen molar-refractivity contribution in [1.82, 2.24) is 0 Å². The minimum Gasteiger partial charge on any atom is -0.0881 e. The summed E-state index contributed by atoms with van der Waals surface area (Å²) in [4.78, 5) is 0.579. The standard InChI is InChI=1S/C18H21BrCl2/c19-17(7-11-1-2-15(20)16(21)6-11)18-8-12-3-13(9-18)5-14(4-12)10-18/h1-2,6,12-14,17H,3-5,7-10H2. The summed E-state index contributed by atoms with van der Waals surface area (Å²) in [5.74, 6) is 3.01. The fraction of sp³-hybridized carbons (Fsp3) is 0.667. The van der Waals surface area contributed by atoms with Crippen LogP contribution in [0.3, 0.4) is 0 Å². The van der Waals surface area contributed by atoms with Gasteiger partial charge in [0.2, 0.25) is 0 Å². The zero-order valence-electron chi connectivity index (χ0n) is 12.1. The van der Waals surface area contributed by atoms with Gasteiger partial charge in [-0.05, 0) is 85.8 Å². The highest BCUT2D eigenvalue weighted by Gasteiger charge is 2.53. The molecule has 1 aromatic carbocycles. The summed E-state index contributed by atoms with van der Waals surface area (Å²) in [7, 11) is 0. The van der Waals surface area contributed by atoms with Crippen molar-refractivity contribution in [3.8, 4) is 0 Å². The van der Waals surface area contributed by atoms with Gasteiger partial charge in [0.15, 0.2) is 0 Å². The van der Waals surface area contributed by atoms with Gasteiger partial charge in [0.1, 0.15) is 0 Å². The van der Waals surface area contributed by atoms with Gasteiger partial charge in [-0.2, -0.15) is 0 Å². The van der Waals surface area contributed by atoms with Crippen molar-refractivity contribution >= 4 is 39.1 Å². The van der Waals surface area contributed by atoms with Crippen LogP contribution < -0.4 is 0 Å². The molecule has 5 rings (SSSR count). The zero-order chi connectivity index (χ0) is 14.6. The molecule has 4 aliphatic carbocycles. The van der Waals surface area contributed by atoms with Gasteiger partial charge >= 0.3 is 0 Å². The molecule has 114 valence electrons. The Morgan fingerprint density at radius 1 is 1.00 bits per heavy atom. The molecule has 0 radical (unpaired) electrons. The highest BCUT2D eigenvalue weighted by atomic mass is 79.9. The maximum Gasteiger partial charge on any atom is 0.0595 e. The van der Waals surface area contributed by atoms with Crippen LogP contribution in [-0.4, -0.2) is 4.83 Å². The van der Waals surface area contributed by atoms with Crippen LogP contribution in [0, 0.1) is 23.2 Å². The van der Waals surface area contributed by atoms with Gasteiger partial charge in [0.25, 0.3) is 0 Å². The van der Waals surface area contributed by atoms with Gasteiger partial charge < -0.3 is 0 Å². The molecule has 4 fully saturated rings. The van der Waals surface area contributed by atoms with Gasteiger partial charge in [-0.3, -0.25) is 0 Å². The fourth-order valence-corrected chi connectivity index (χ4v) is 6.91. The van der Waals surface area contributed by atoms with Gasteiger partial charge in [-0.15, -0.1) is 0 Å². The molecule has 21 heavy (non-hydrogen) atoms. The van der Waals surface area contributed by atoms with Crippen molar-refractivity contribution in [3.05, 3.63) is 33.8 Å². The molecule has 1 aromatic rings. The summed E-state index contributed by atoms with van der Waals surface area (Å²) in [5.41, 5.74) is 1.85. The highest BCUT2D eigenvalue weighted by Crippen LogP contribution is 2.62. The Labute approximate surface area is 145 Å². The third-order valence-corrected chi connectivity index (χ3v) is 8.18. The molecule has 0 amide bonds. The monoisotopic (exact) mass is 386 g/mol. The fourth-order valence-electron chi connectivity index (χ4n) is 5.65. The summed E-state index contributed by atoms with van der Waals surface area (Å²) < 4.78 is 0. The average Bonchev–Trinajstić information content (AvgIpc) is 2.41. The van der Waals surface area contributed by atoms with Crippen LogP contribution in [0.25, 0.3) is 0 Å². The number of alkyl halides is 1. The van der Waals surface area contributed by atoms with E-state index in [2.05, 4.69) is 22.0 Å². The molecule has 4 aliphatic rings. The lowest BCUT2D eigenvalue weighted by atomic mass is 9.48. The van der Waals surface area contributed by atoms with Crippen molar-refractivity contribution in [3.63, 3.8) is 0 Å². The Kier molecular flexibility index (Phi) is 3.83. The van der Waals surface area contributed by atoms with Gasteiger partial charge in [-0.1, -0.05) is 45.2 Å². The predicted octanol–water partition coefficient (Wildman–Crippen LogP) is 6.52. The van der Waals surface area contributed by atoms with Crippen LogP contribution in [0.4, 0.5) is 0 Å². The van der Waals surface area contributed by atoms with Gasteiger partial charge in [-0.25, -0.2) is 0 Å². The second-order valence-corrected chi connectivity index (χ2v) is 9.62. The van der Waals surface area contributed by atoms with Crippen molar-refractivity contribution < 1.29 is 0 Å². The van der Waals surface area contributed by atoms with Crippen LogP contribution in [0.5, 0.6) is 0 Å². The molecule has 1 atom stereocenters. The molecule has 3 heteroatoms. The normalized spacial score (nSPS) is 38.7. The van der Waals surface area contributed by atoms with E-state index in [1.54, 1.807) is 0 Å². The average molecular weight is 388 g/mol. The largest absolute Gasteiger partial charge is 0.0881 e. The van der Waals surface area contributed by atoms with Crippen molar-refractivity contribution in [2.24, 2.45) is 23.2 Å². The van der Waals surface area contributed by atoms with Gasteiger partial charge in [0, 0.05) is 4.83 Å². The van der Waals surface area contributed by atoms with E-state index >= 15 is 0 Å². The predicted molar refractivity (Wildman–Crippen MR) is 93.5 cm³/mol. The molecular weight excluding hydrogens is 367 g/mol. The van der Waals surface area contributed by atoms with Crippen LogP contribution in [0.1, 0.15) is 44.1 Å². The minimum atomic E-state index is 0.543. The molecule has 0 aromatic heterocycles. The third kappa shape index (κ3) is 2.68. The lowest BCUT2D eigenvalue weighted by molar-refractivity contribution is -0.0522. The lowest BCUT2D eigenvalue weighted by Gasteiger charge is -2.58. The molecule has 0 saturated heterocycles. The molecule has 0 nitrogen and oxygen atoms in total. The van der Waals surface area contributed by atoms with Crippen LogP contribution in [0.2, 0.25) is 10.0 Å². The molecule has 1 unspecified atom stereocenters. The molecule has 0 N–H and O–H groups in total. The van der Waals surface area contributed by atoms with E-state index in [1.807, 2.05) is 12.1 Å². The summed E-state index contributed by atoms with van der Waals surface area (Å²) in [6, 6.07) is 6.10. The number of hydrogen-bond donors (Lipinski definition) is 0. The summed E-state index contributed by atoms with van der Waals surface area (Å²) >= 11 is 16.3. The van der Waals surface area contributed by atoms with E-state index in [0.29, 0.717) is 20.3 Å². The zero-order valence-corrected chi connectivity index (χ0v) is 15.2. The molecule has 0 heterocycles. The molecule has 4 bridgehead atoms. The third-order valence-electron chi connectivity index (χ3n) is 6.15. The molecular formula is C18H21BrCl2. The summed E-state index contributed by atoms with van der Waals surface area (Å²) in [5, 5.41) is 1.33. The first kappa shape index (κ1) is 14.8. The Hall–Kier alpha value is 0.280. The molecule has 0 aliphatic heterocycles. The van der Waals surface area contributed by atoms with E-state index in [4.69, 9.17) is 23.2 Å². The molecule has 0 spiro atoms. The Morgan fingerprint density at radius 3 is 2.10 bits per heavy atom. The second-order valence-electron chi connectivity index (χ2n) is 7.70. The van der Waals surface area contributed by atoms with E-state index in [-0.39, 0.29) is 0 Å². The smallest absolute Gasteiger partial charge is 0.0595 e. The quantitative estimate of drug-likeness (QED) is 0.518. The SMILES string of the molecule is Clc1ccc(CC(Br)C23CC4CC(CC(C4)C2)C3)cc1Cl. The van der Waals surface area contributed by atoms with E-state index in [0.717, 1.165) is 24.2 Å². The maximum absolute atomic E-state index is 6.17. The Morgan fingerprint density at radius 2 is 1.57 bits per heavy atom. The van der Waals surface area contributed by atoms with E-state index in [9.17, 15) is 0 Å². The second kappa shape index (κ2) is 5.42. The van der Waals surface area contributed by atoms with Crippen molar-refractivity contribution in [2.75, 3.05) is 0 Å². The van der Waals surface area contributed by atoms with E-state index < -0.39 is 0 Å². The van der Waals surface area contributed by atoms with Crippen LogP contribution >= 0.6 is 39.1 Å². The number of halogens is 3. The number of rotatable bonds is 3. The van der Waals surface area contributed by atoms with Gasteiger partial charge in [0.05, 0.1) is 10.0 Å². The first-order valence-electron chi connectivity index (χ1n) is 8.12. The van der Waals surface area contributed by atoms with Crippen LogP contribution in [0.15, 0.2) is 18.2 Å². The first-order valence-corrected chi connectivity index (χ1v) is 9.79. The Bertz CT molecular complexity index is 519. The minimum absolute atomic E-state index is 0.543. The van der Waals surface area contributed by atoms with E-state index in [1.165, 1.54) is 44.1 Å². The maximum atomic E-state index is 6.17. The summed E-state index contributed by atoms with van der Waals surface area (Å²) in [6.07, 6.45) is 9.91. The van der Waals surface area contributed by atoms with Crippen molar-refractivity contribution in [1.29, 1.82) is 0 Å². The van der Waals surface area contributed by atoms with Crippen molar-refractivity contribution in [2.45, 2.75) is 49.8 Å². The molecule has 4 saturated carbocycles. The Balaban J connectivity index is 1.54.